The zero-order valence-electron chi connectivity index (χ0n) is 17.2. The molecule has 2 aromatic carbocycles. The zero-order valence-corrected chi connectivity index (χ0v) is 18.1. The molecule has 0 fully saturated rings. The molecule has 0 radical (unpaired) electrons. The number of anilines is 2. The summed E-state index contributed by atoms with van der Waals surface area (Å²) >= 11 is 1.57. The Morgan fingerprint density at radius 3 is 2.55 bits per heavy atom. The second kappa shape index (κ2) is 10.0. The summed E-state index contributed by atoms with van der Waals surface area (Å²) in [6, 6.07) is 22.1. The maximum atomic E-state index is 12.3. The summed E-state index contributed by atoms with van der Waals surface area (Å²) in [5.74, 6) is 1.13. The Morgan fingerprint density at radius 1 is 1.03 bits per heavy atom. The van der Waals surface area contributed by atoms with E-state index in [4.69, 9.17) is 4.52 Å². The van der Waals surface area contributed by atoms with Crippen LogP contribution in [0.25, 0.3) is 10.7 Å². The highest BCUT2D eigenvalue weighted by Crippen LogP contribution is 2.22. The van der Waals surface area contributed by atoms with Gasteiger partial charge >= 0.3 is 0 Å². The van der Waals surface area contributed by atoms with Gasteiger partial charge in [-0.1, -0.05) is 41.6 Å². The number of thiophene rings is 1. The third-order valence-electron chi connectivity index (χ3n) is 4.86. The molecule has 0 aliphatic rings. The van der Waals surface area contributed by atoms with E-state index in [0.717, 1.165) is 16.3 Å². The first-order chi connectivity index (χ1) is 15.2. The fourth-order valence-corrected chi connectivity index (χ4v) is 3.86. The van der Waals surface area contributed by atoms with E-state index in [1.165, 1.54) is 5.56 Å². The van der Waals surface area contributed by atoms with Gasteiger partial charge in [-0.05, 0) is 54.6 Å². The SMILES string of the molecule is CC(Nc1ccc(NC(=O)CCCc2nc(-c3cccs3)no2)cc1)c1ccccc1. The van der Waals surface area contributed by atoms with Gasteiger partial charge in [0.25, 0.3) is 0 Å². The van der Waals surface area contributed by atoms with E-state index in [1.54, 1.807) is 11.3 Å². The lowest BCUT2D eigenvalue weighted by Crippen LogP contribution is -2.11. The van der Waals surface area contributed by atoms with E-state index in [9.17, 15) is 4.79 Å². The van der Waals surface area contributed by atoms with Gasteiger partial charge in [0, 0.05) is 30.3 Å². The first-order valence-corrected chi connectivity index (χ1v) is 11.1. The molecular formula is C24H24N4O2S. The Hall–Kier alpha value is -3.45. The van der Waals surface area contributed by atoms with Crippen LogP contribution in [0, 0.1) is 0 Å². The van der Waals surface area contributed by atoms with Crippen LogP contribution >= 0.6 is 11.3 Å². The van der Waals surface area contributed by atoms with E-state index in [2.05, 4.69) is 39.8 Å². The number of carbonyl (C=O) groups excluding carboxylic acids is 1. The van der Waals surface area contributed by atoms with Crippen molar-refractivity contribution in [3.63, 3.8) is 0 Å². The standard InChI is InChI=1S/C24H24N4O2S/c1-17(18-7-3-2-4-8-18)25-19-12-14-20(15-13-19)26-22(29)10-5-11-23-27-24(28-30-23)21-9-6-16-31-21/h2-4,6-9,12-17,25H,5,10-11H2,1H3,(H,26,29). The number of aryl methyl sites for hydroxylation is 1. The maximum absolute atomic E-state index is 12.3. The van der Waals surface area contributed by atoms with Crippen molar-refractivity contribution in [3.8, 4) is 10.7 Å². The van der Waals surface area contributed by atoms with Gasteiger partial charge in [-0.3, -0.25) is 4.79 Å². The summed E-state index contributed by atoms with van der Waals surface area (Å²) in [5, 5.41) is 12.4. The van der Waals surface area contributed by atoms with Gasteiger partial charge in [-0.15, -0.1) is 11.3 Å². The molecule has 0 bridgehead atoms. The highest BCUT2D eigenvalue weighted by Gasteiger charge is 2.10. The van der Waals surface area contributed by atoms with E-state index < -0.39 is 0 Å². The second-order valence-electron chi connectivity index (χ2n) is 7.24. The number of hydrogen-bond acceptors (Lipinski definition) is 6. The van der Waals surface area contributed by atoms with E-state index in [0.29, 0.717) is 31.0 Å². The molecule has 2 N–H and O–H groups in total. The molecule has 0 aliphatic heterocycles. The van der Waals surface area contributed by atoms with Gasteiger partial charge in [0.05, 0.1) is 4.88 Å². The predicted molar refractivity (Wildman–Crippen MR) is 124 cm³/mol. The summed E-state index contributed by atoms with van der Waals surface area (Å²) in [6.45, 7) is 2.12. The summed E-state index contributed by atoms with van der Waals surface area (Å²) in [6.07, 6.45) is 1.61. The van der Waals surface area contributed by atoms with Crippen LogP contribution in [0.2, 0.25) is 0 Å². The normalized spacial score (nSPS) is 11.8. The maximum Gasteiger partial charge on any atom is 0.226 e. The Balaban J connectivity index is 1.22. The van der Waals surface area contributed by atoms with E-state index in [1.807, 2.05) is 60.0 Å². The summed E-state index contributed by atoms with van der Waals surface area (Å²) in [5.41, 5.74) is 3.01. The highest BCUT2D eigenvalue weighted by molar-refractivity contribution is 7.13. The molecule has 0 saturated heterocycles. The molecule has 0 spiro atoms. The lowest BCUT2D eigenvalue weighted by Gasteiger charge is -2.16. The average Bonchev–Trinajstić information content (AvgIpc) is 3.48. The molecular weight excluding hydrogens is 408 g/mol. The van der Waals surface area contributed by atoms with Crippen molar-refractivity contribution in [2.24, 2.45) is 0 Å². The van der Waals surface area contributed by atoms with Gasteiger partial charge in [0.15, 0.2) is 0 Å². The van der Waals surface area contributed by atoms with Crippen LogP contribution in [0.5, 0.6) is 0 Å². The minimum atomic E-state index is -0.0311. The van der Waals surface area contributed by atoms with Crippen LogP contribution in [-0.2, 0) is 11.2 Å². The van der Waals surface area contributed by atoms with Crippen molar-refractivity contribution in [3.05, 3.63) is 83.6 Å². The number of carbonyl (C=O) groups is 1. The molecule has 158 valence electrons. The van der Waals surface area contributed by atoms with Crippen molar-refractivity contribution in [2.75, 3.05) is 10.6 Å². The van der Waals surface area contributed by atoms with Crippen LogP contribution in [0.15, 0.2) is 76.6 Å². The first-order valence-electron chi connectivity index (χ1n) is 10.3. The minimum absolute atomic E-state index is 0.0311. The zero-order chi connectivity index (χ0) is 21.5. The highest BCUT2D eigenvalue weighted by atomic mass is 32.1. The number of aromatic nitrogens is 2. The Bertz CT molecular complexity index is 1090. The van der Waals surface area contributed by atoms with Crippen molar-refractivity contribution < 1.29 is 9.32 Å². The van der Waals surface area contributed by atoms with Crippen molar-refractivity contribution in [1.29, 1.82) is 0 Å². The summed E-state index contributed by atoms with van der Waals surface area (Å²) in [4.78, 5) is 17.6. The topological polar surface area (TPSA) is 80.0 Å². The van der Waals surface area contributed by atoms with Crippen LogP contribution in [-0.4, -0.2) is 16.0 Å². The molecule has 0 saturated carbocycles. The number of amides is 1. The van der Waals surface area contributed by atoms with Gasteiger partial charge < -0.3 is 15.2 Å². The number of nitrogens with zero attached hydrogens (tertiary/aromatic N) is 2. The quantitative estimate of drug-likeness (QED) is 0.342. The summed E-state index contributed by atoms with van der Waals surface area (Å²) < 4.78 is 5.27. The second-order valence-corrected chi connectivity index (χ2v) is 8.19. The molecule has 1 unspecified atom stereocenters. The summed E-state index contributed by atoms with van der Waals surface area (Å²) in [7, 11) is 0. The molecule has 6 nitrogen and oxygen atoms in total. The number of nitrogens with one attached hydrogen (secondary N) is 2. The number of rotatable bonds is 9. The van der Waals surface area contributed by atoms with Gasteiger partial charge in [-0.2, -0.15) is 4.98 Å². The molecule has 31 heavy (non-hydrogen) atoms. The molecule has 0 aliphatic carbocycles. The van der Waals surface area contributed by atoms with Gasteiger partial charge in [-0.25, -0.2) is 0 Å². The van der Waals surface area contributed by atoms with Crippen LogP contribution in [0.4, 0.5) is 11.4 Å². The molecule has 1 amide bonds. The van der Waals surface area contributed by atoms with Crippen molar-refractivity contribution in [1.82, 2.24) is 10.1 Å². The fraction of sp³-hybridized carbons (Fsp3) is 0.208. The van der Waals surface area contributed by atoms with Crippen LogP contribution in [0.1, 0.15) is 37.3 Å². The first kappa shape index (κ1) is 20.8. The van der Waals surface area contributed by atoms with Crippen molar-refractivity contribution >= 4 is 28.6 Å². The van der Waals surface area contributed by atoms with Crippen molar-refractivity contribution in [2.45, 2.75) is 32.2 Å². The lowest BCUT2D eigenvalue weighted by molar-refractivity contribution is -0.116. The monoisotopic (exact) mass is 432 g/mol. The van der Waals surface area contributed by atoms with Gasteiger partial charge in [0.1, 0.15) is 0 Å². The number of hydrogen-bond donors (Lipinski definition) is 2. The average molecular weight is 433 g/mol. The molecule has 2 heterocycles. The number of benzene rings is 2. The van der Waals surface area contributed by atoms with E-state index >= 15 is 0 Å². The third kappa shape index (κ3) is 5.79. The Morgan fingerprint density at radius 2 is 1.81 bits per heavy atom. The molecule has 7 heteroatoms. The molecule has 2 aromatic heterocycles. The predicted octanol–water partition coefficient (Wildman–Crippen LogP) is 5.93. The van der Waals surface area contributed by atoms with Crippen LogP contribution < -0.4 is 10.6 Å². The Labute approximate surface area is 185 Å². The lowest BCUT2D eigenvalue weighted by atomic mass is 10.1. The largest absolute Gasteiger partial charge is 0.379 e. The Kier molecular flexibility index (Phi) is 6.74. The molecule has 1 atom stereocenters. The third-order valence-corrected chi connectivity index (χ3v) is 5.72. The smallest absolute Gasteiger partial charge is 0.226 e. The van der Waals surface area contributed by atoms with Gasteiger partial charge in [0.2, 0.25) is 17.6 Å². The fourth-order valence-electron chi connectivity index (χ4n) is 3.21. The minimum Gasteiger partial charge on any atom is -0.379 e. The van der Waals surface area contributed by atoms with E-state index in [-0.39, 0.29) is 11.9 Å². The molecule has 4 rings (SSSR count). The van der Waals surface area contributed by atoms with Crippen LogP contribution in [0.3, 0.4) is 0 Å². The molecule has 4 aromatic rings.